The maximum absolute atomic E-state index is 5.86. The third-order valence-corrected chi connectivity index (χ3v) is 3.67. The minimum absolute atomic E-state index is 0.759. The molecule has 1 N–H and O–H groups in total. The molecule has 0 spiro atoms. The van der Waals surface area contributed by atoms with Gasteiger partial charge < -0.3 is 5.32 Å². The molecule has 0 saturated carbocycles. The Balaban J connectivity index is 2.04. The van der Waals surface area contributed by atoms with Gasteiger partial charge >= 0.3 is 0 Å². The van der Waals surface area contributed by atoms with Gasteiger partial charge in [0.25, 0.3) is 0 Å². The van der Waals surface area contributed by atoms with E-state index in [-0.39, 0.29) is 0 Å². The van der Waals surface area contributed by atoms with Crippen molar-refractivity contribution in [2.45, 2.75) is 19.9 Å². The quantitative estimate of drug-likeness (QED) is 0.829. The zero-order valence-corrected chi connectivity index (χ0v) is 11.3. The minimum Gasteiger partial charge on any atom is -0.312 e. The van der Waals surface area contributed by atoms with E-state index in [1.165, 1.54) is 4.88 Å². The molecular weight excluding hydrogens is 252 g/mol. The van der Waals surface area contributed by atoms with Crippen LogP contribution >= 0.6 is 22.9 Å². The standard InChI is InChI=1S/C13H15ClN2S/c1-2-7-15-8-12-9-16-13(17-12)10-3-5-11(14)6-4-10/h3-6,9,15H,2,7-8H2,1H3. The lowest BCUT2D eigenvalue weighted by Gasteiger charge is -1.98. The molecule has 0 radical (unpaired) electrons. The first-order valence-electron chi connectivity index (χ1n) is 5.71. The fraction of sp³-hybridized carbons (Fsp3) is 0.308. The maximum atomic E-state index is 5.86. The van der Waals surface area contributed by atoms with Crippen LogP contribution in [0.2, 0.25) is 5.02 Å². The maximum Gasteiger partial charge on any atom is 0.123 e. The van der Waals surface area contributed by atoms with Crippen molar-refractivity contribution in [3.8, 4) is 10.6 Å². The first-order chi connectivity index (χ1) is 8.29. The van der Waals surface area contributed by atoms with Crippen molar-refractivity contribution in [3.63, 3.8) is 0 Å². The summed E-state index contributed by atoms with van der Waals surface area (Å²) < 4.78 is 0. The van der Waals surface area contributed by atoms with Crippen LogP contribution in [-0.2, 0) is 6.54 Å². The molecule has 0 aliphatic rings. The number of nitrogens with one attached hydrogen (secondary N) is 1. The average molecular weight is 267 g/mol. The molecule has 17 heavy (non-hydrogen) atoms. The second-order valence-electron chi connectivity index (χ2n) is 3.82. The first-order valence-corrected chi connectivity index (χ1v) is 6.90. The molecule has 0 fully saturated rings. The monoisotopic (exact) mass is 266 g/mol. The van der Waals surface area contributed by atoms with E-state index in [1.807, 2.05) is 30.5 Å². The minimum atomic E-state index is 0.759. The first kappa shape index (κ1) is 12.6. The Bertz CT molecular complexity index is 465. The lowest BCUT2D eigenvalue weighted by molar-refractivity contribution is 0.681. The van der Waals surface area contributed by atoms with E-state index >= 15 is 0 Å². The summed E-state index contributed by atoms with van der Waals surface area (Å²) in [6, 6.07) is 7.80. The molecule has 2 aromatic rings. The fourth-order valence-corrected chi connectivity index (χ4v) is 2.52. The molecule has 2 nitrogen and oxygen atoms in total. The van der Waals surface area contributed by atoms with Gasteiger partial charge in [0.1, 0.15) is 5.01 Å². The molecule has 2 rings (SSSR count). The van der Waals surface area contributed by atoms with E-state index in [4.69, 9.17) is 11.6 Å². The molecule has 0 atom stereocenters. The molecule has 90 valence electrons. The number of hydrogen-bond donors (Lipinski definition) is 1. The molecule has 1 aromatic carbocycles. The second-order valence-corrected chi connectivity index (χ2v) is 5.37. The zero-order valence-electron chi connectivity index (χ0n) is 9.74. The smallest absolute Gasteiger partial charge is 0.123 e. The molecule has 4 heteroatoms. The Morgan fingerprint density at radius 3 is 2.76 bits per heavy atom. The van der Waals surface area contributed by atoms with Gasteiger partial charge in [0.05, 0.1) is 0 Å². The molecule has 0 bridgehead atoms. The van der Waals surface area contributed by atoms with Crippen LogP contribution < -0.4 is 5.32 Å². The van der Waals surface area contributed by atoms with Crippen LogP contribution in [-0.4, -0.2) is 11.5 Å². The lowest BCUT2D eigenvalue weighted by atomic mass is 10.2. The highest BCUT2D eigenvalue weighted by Gasteiger charge is 2.04. The number of halogens is 1. The molecule has 0 saturated heterocycles. The molecule has 0 aliphatic carbocycles. The third kappa shape index (κ3) is 3.53. The van der Waals surface area contributed by atoms with Gasteiger partial charge in [0.2, 0.25) is 0 Å². The van der Waals surface area contributed by atoms with Crippen LogP contribution in [0.25, 0.3) is 10.6 Å². The van der Waals surface area contributed by atoms with Crippen LogP contribution in [0, 0.1) is 0 Å². The van der Waals surface area contributed by atoms with Crippen LogP contribution in [0.1, 0.15) is 18.2 Å². The summed E-state index contributed by atoms with van der Waals surface area (Å²) >= 11 is 7.59. The van der Waals surface area contributed by atoms with Crippen LogP contribution in [0.3, 0.4) is 0 Å². The van der Waals surface area contributed by atoms with E-state index in [9.17, 15) is 0 Å². The molecule has 0 amide bonds. The van der Waals surface area contributed by atoms with Crippen molar-refractivity contribution < 1.29 is 0 Å². The average Bonchev–Trinajstić information content (AvgIpc) is 2.79. The summed E-state index contributed by atoms with van der Waals surface area (Å²) in [6.45, 7) is 4.12. The summed E-state index contributed by atoms with van der Waals surface area (Å²) in [5.74, 6) is 0. The van der Waals surface area contributed by atoms with Gasteiger partial charge in [-0.3, -0.25) is 0 Å². The predicted octanol–water partition coefficient (Wildman–Crippen LogP) is 3.96. The topological polar surface area (TPSA) is 24.9 Å². The highest BCUT2D eigenvalue weighted by Crippen LogP contribution is 2.26. The van der Waals surface area contributed by atoms with E-state index in [2.05, 4.69) is 17.2 Å². The fourth-order valence-electron chi connectivity index (χ4n) is 1.50. The number of benzene rings is 1. The summed E-state index contributed by atoms with van der Waals surface area (Å²) in [5, 5.41) is 5.18. The summed E-state index contributed by atoms with van der Waals surface area (Å²) in [6.07, 6.45) is 3.10. The number of aromatic nitrogens is 1. The highest BCUT2D eigenvalue weighted by molar-refractivity contribution is 7.15. The van der Waals surface area contributed by atoms with E-state index in [1.54, 1.807) is 11.3 Å². The largest absolute Gasteiger partial charge is 0.312 e. The van der Waals surface area contributed by atoms with Gasteiger partial charge in [-0.25, -0.2) is 4.98 Å². The van der Waals surface area contributed by atoms with E-state index in [0.717, 1.165) is 35.1 Å². The lowest BCUT2D eigenvalue weighted by Crippen LogP contribution is -2.12. The second kappa shape index (κ2) is 6.15. The number of thiazole rings is 1. The van der Waals surface area contributed by atoms with Crippen LogP contribution in [0.5, 0.6) is 0 Å². The molecule has 1 heterocycles. The highest BCUT2D eigenvalue weighted by atomic mass is 35.5. The predicted molar refractivity (Wildman–Crippen MR) is 74.6 cm³/mol. The molecule has 0 aliphatic heterocycles. The third-order valence-electron chi connectivity index (χ3n) is 2.37. The Labute approximate surface area is 111 Å². The number of hydrogen-bond acceptors (Lipinski definition) is 3. The normalized spacial score (nSPS) is 10.7. The van der Waals surface area contributed by atoms with Crippen molar-refractivity contribution in [1.29, 1.82) is 0 Å². The van der Waals surface area contributed by atoms with Crippen molar-refractivity contribution in [1.82, 2.24) is 10.3 Å². The van der Waals surface area contributed by atoms with Crippen molar-refractivity contribution >= 4 is 22.9 Å². The SMILES string of the molecule is CCCNCc1cnc(-c2ccc(Cl)cc2)s1. The summed E-state index contributed by atoms with van der Waals surface area (Å²) in [5.41, 5.74) is 1.13. The van der Waals surface area contributed by atoms with Gasteiger partial charge in [0.15, 0.2) is 0 Å². The summed E-state index contributed by atoms with van der Waals surface area (Å²) in [7, 11) is 0. The number of rotatable bonds is 5. The zero-order chi connectivity index (χ0) is 12.1. The Kier molecular flexibility index (Phi) is 4.54. The van der Waals surface area contributed by atoms with Crippen LogP contribution in [0.4, 0.5) is 0 Å². The number of nitrogens with zero attached hydrogens (tertiary/aromatic N) is 1. The molecule has 1 aromatic heterocycles. The molecule has 0 unspecified atom stereocenters. The van der Waals surface area contributed by atoms with Crippen molar-refractivity contribution in [3.05, 3.63) is 40.4 Å². The van der Waals surface area contributed by atoms with Gasteiger partial charge in [-0.2, -0.15) is 0 Å². The Morgan fingerprint density at radius 1 is 1.29 bits per heavy atom. The van der Waals surface area contributed by atoms with Gasteiger partial charge in [-0.1, -0.05) is 30.7 Å². The van der Waals surface area contributed by atoms with Crippen molar-refractivity contribution in [2.75, 3.05) is 6.54 Å². The van der Waals surface area contributed by atoms with Crippen LogP contribution in [0.15, 0.2) is 30.5 Å². The Morgan fingerprint density at radius 2 is 2.06 bits per heavy atom. The van der Waals surface area contributed by atoms with Gasteiger partial charge in [0, 0.05) is 28.2 Å². The van der Waals surface area contributed by atoms with E-state index in [0.29, 0.717) is 0 Å². The van der Waals surface area contributed by atoms with Crippen molar-refractivity contribution in [2.24, 2.45) is 0 Å². The molecular formula is C13H15ClN2S. The van der Waals surface area contributed by atoms with Gasteiger partial charge in [-0.05, 0) is 25.1 Å². The Hall–Kier alpha value is -0.900. The summed E-state index contributed by atoms with van der Waals surface area (Å²) in [4.78, 5) is 5.70. The van der Waals surface area contributed by atoms with Gasteiger partial charge in [-0.15, -0.1) is 11.3 Å². The van der Waals surface area contributed by atoms with E-state index < -0.39 is 0 Å².